The molecule has 0 radical (unpaired) electrons. The van der Waals surface area contributed by atoms with E-state index in [4.69, 9.17) is 0 Å². The molecule has 2 aromatic carbocycles. The van der Waals surface area contributed by atoms with Gasteiger partial charge in [0.25, 0.3) is 0 Å². The van der Waals surface area contributed by atoms with Crippen LogP contribution in [0.2, 0.25) is 0 Å². The van der Waals surface area contributed by atoms with Crippen molar-refractivity contribution in [3.8, 4) is 0 Å². The fourth-order valence-electron chi connectivity index (χ4n) is 1.51. The number of hydrogen-bond donors (Lipinski definition) is 1. The van der Waals surface area contributed by atoms with Crippen molar-refractivity contribution in [1.29, 1.82) is 0 Å². The molecule has 2 heteroatoms. The van der Waals surface area contributed by atoms with Gasteiger partial charge in [-0.1, -0.05) is 48.5 Å². The SMILES string of the molecule is C/N=C(\Nc1ccccc1)c1ccccc1. The minimum absolute atomic E-state index is 0.881. The first-order valence-corrected chi connectivity index (χ1v) is 5.24. The maximum Gasteiger partial charge on any atom is 0.132 e. The quantitative estimate of drug-likeness (QED) is 0.597. The van der Waals surface area contributed by atoms with E-state index < -0.39 is 0 Å². The zero-order valence-corrected chi connectivity index (χ0v) is 9.22. The van der Waals surface area contributed by atoms with Crippen LogP contribution in [0, 0.1) is 0 Å². The van der Waals surface area contributed by atoms with Gasteiger partial charge in [-0.15, -0.1) is 0 Å². The molecular formula is C14H14N2. The minimum Gasteiger partial charge on any atom is -0.340 e. The van der Waals surface area contributed by atoms with Gasteiger partial charge in [0.2, 0.25) is 0 Å². The Morgan fingerprint density at radius 1 is 0.875 bits per heavy atom. The molecule has 0 heterocycles. The summed E-state index contributed by atoms with van der Waals surface area (Å²) in [6.07, 6.45) is 0. The second-order valence-electron chi connectivity index (χ2n) is 3.43. The number of aliphatic imine (C=N–C) groups is 1. The summed E-state index contributed by atoms with van der Waals surface area (Å²) in [7, 11) is 1.79. The molecule has 0 aliphatic carbocycles. The van der Waals surface area contributed by atoms with Gasteiger partial charge < -0.3 is 5.32 Å². The molecule has 0 aliphatic rings. The molecule has 0 atom stereocenters. The lowest BCUT2D eigenvalue weighted by molar-refractivity contribution is 1.40. The highest BCUT2D eigenvalue weighted by Crippen LogP contribution is 2.08. The average Bonchev–Trinajstić information content (AvgIpc) is 2.38. The maximum absolute atomic E-state index is 4.26. The first-order valence-electron chi connectivity index (χ1n) is 5.24. The standard InChI is InChI=1S/C14H14N2/c1-15-14(12-8-4-2-5-9-12)16-13-10-6-3-7-11-13/h2-11H,1H3,(H,15,16). The third-order valence-electron chi connectivity index (χ3n) is 2.31. The van der Waals surface area contributed by atoms with E-state index in [9.17, 15) is 0 Å². The highest BCUT2D eigenvalue weighted by molar-refractivity contribution is 6.08. The van der Waals surface area contributed by atoms with Crippen LogP contribution < -0.4 is 5.32 Å². The first-order chi connectivity index (χ1) is 7.90. The Morgan fingerprint density at radius 2 is 1.44 bits per heavy atom. The van der Waals surface area contributed by atoms with Crippen LogP contribution >= 0.6 is 0 Å². The summed E-state index contributed by atoms with van der Waals surface area (Å²) in [5.41, 5.74) is 2.14. The molecule has 0 aliphatic heterocycles. The third kappa shape index (κ3) is 2.48. The molecular weight excluding hydrogens is 196 g/mol. The van der Waals surface area contributed by atoms with Crippen molar-refractivity contribution in [1.82, 2.24) is 0 Å². The van der Waals surface area contributed by atoms with Gasteiger partial charge in [0.1, 0.15) is 5.84 Å². The lowest BCUT2D eigenvalue weighted by atomic mass is 10.2. The van der Waals surface area contributed by atoms with Gasteiger partial charge in [-0.05, 0) is 12.1 Å². The predicted octanol–water partition coefficient (Wildman–Crippen LogP) is 3.18. The molecule has 0 aromatic heterocycles. The summed E-state index contributed by atoms with van der Waals surface area (Å²) in [6, 6.07) is 20.1. The number of benzene rings is 2. The monoisotopic (exact) mass is 210 g/mol. The topological polar surface area (TPSA) is 24.4 Å². The van der Waals surface area contributed by atoms with Gasteiger partial charge >= 0.3 is 0 Å². The zero-order valence-electron chi connectivity index (χ0n) is 9.22. The third-order valence-corrected chi connectivity index (χ3v) is 2.31. The van der Waals surface area contributed by atoms with E-state index in [0.717, 1.165) is 17.1 Å². The first kappa shape index (κ1) is 10.4. The Kier molecular flexibility index (Phi) is 3.34. The van der Waals surface area contributed by atoms with Crippen LogP contribution in [-0.2, 0) is 0 Å². The normalized spacial score (nSPS) is 11.2. The smallest absolute Gasteiger partial charge is 0.132 e. The number of nitrogens with zero attached hydrogens (tertiary/aromatic N) is 1. The lowest BCUT2D eigenvalue weighted by Gasteiger charge is -2.09. The Labute approximate surface area is 95.7 Å². The molecule has 0 spiro atoms. The highest BCUT2D eigenvalue weighted by Gasteiger charge is 2.01. The maximum atomic E-state index is 4.26. The van der Waals surface area contributed by atoms with E-state index in [2.05, 4.69) is 10.3 Å². The number of rotatable bonds is 2. The van der Waals surface area contributed by atoms with Crippen molar-refractivity contribution >= 4 is 11.5 Å². The molecule has 2 nitrogen and oxygen atoms in total. The van der Waals surface area contributed by atoms with E-state index in [1.165, 1.54) is 0 Å². The molecule has 2 rings (SSSR count). The number of nitrogens with one attached hydrogen (secondary N) is 1. The van der Waals surface area contributed by atoms with Crippen LogP contribution in [-0.4, -0.2) is 12.9 Å². The van der Waals surface area contributed by atoms with E-state index in [0.29, 0.717) is 0 Å². The highest BCUT2D eigenvalue weighted by atomic mass is 15.0. The van der Waals surface area contributed by atoms with Gasteiger partial charge in [-0.2, -0.15) is 0 Å². The number of anilines is 1. The lowest BCUT2D eigenvalue weighted by Crippen LogP contribution is -2.13. The fraction of sp³-hybridized carbons (Fsp3) is 0.0714. The van der Waals surface area contributed by atoms with E-state index in [1.807, 2.05) is 60.7 Å². The van der Waals surface area contributed by atoms with Crippen LogP contribution in [0.25, 0.3) is 0 Å². The molecule has 0 fully saturated rings. The van der Waals surface area contributed by atoms with Crippen LogP contribution in [0.4, 0.5) is 5.69 Å². The Hall–Kier alpha value is -2.09. The Bertz CT molecular complexity index is 461. The second kappa shape index (κ2) is 5.12. The second-order valence-corrected chi connectivity index (χ2v) is 3.43. The van der Waals surface area contributed by atoms with E-state index >= 15 is 0 Å². The van der Waals surface area contributed by atoms with Crippen molar-refractivity contribution in [2.45, 2.75) is 0 Å². The summed E-state index contributed by atoms with van der Waals surface area (Å²) in [4.78, 5) is 4.26. The molecule has 0 unspecified atom stereocenters. The molecule has 0 saturated heterocycles. The van der Waals surface area contributed by atoms with Gasteiger partial charge in [-0.25, -0.2) is 0 Å². The minimum atomic E-state index is 0.881. The van der Waals surface area contributed by atoms with Gasteiger partial charge in [0.15, 0.2) is 0 Å². The fourth-order valence-corrected chi connectivity index (χ4v) is 1.51. The molecule has 80 valence electrons. The Morgan fingerprint density at radius 3 is 2.00 bits per heavy atom. The molecule has 2 aromatic rings. The summed E-state index contributed by atoms with van der Waals surface area (Å²) in [5.74, 6) is 0.881. The largest absolute Gasteiger partial charge is 0.340 e. The van der Waals surface area contributed by atoms with Gasteiger partial charge in [-0.3, -0.25) is 4.99 Å². The molecule has 0 saturated carbocycles. The van der Waals surface area contributed by atoms with Crippen molar-refractivity contribution in [2.75, 3.05) is 12.4 Å². The van der Waals surface area contributed by atoms with Crippen molar-refractivity contribution in [3.63, 3.8) is 0 Å². The summed E-state index contributed by atoms with van der Waals surface area (Å²) in [6.45, 7) is 0. The molecule has 16 heavy (non-hydrogen) atoms. The van der Waals surface area contributed by atoms with Crippen molar-refractivity contribution < 1.29 is 0 Å². The van der Waals surface area contributed by atoms with Crippen LogP contribution in [0.5, 0.6) is 0 Å². The number of para-hydroxylation sites is 1. The molecule has 1 N–H and O–H groups in total. The number of hydrogen-bond acceptors (Lipinski definition) is 1. The number of amidine groups is 1. The van der Waals surface area contributed by atoms with E-state index in [1.54, 1.807) is 7.05 Å². The van der Waals surface area contributed by atoms with Crippen molar-refractivity contribution in [2.24, 2.45) is 4.99 Å². The summed E-state index contributed by atoms with van der Waals surface area (Å²) < 4.78 is 0. The Balaban J connectivity index is 2.20. The van der Waals surface area contributed by atoms with Gasteiger partial charge in [0.05, 0.1) is 0 Å². The molecule has 0 amide bonds. The average molecular weight is 210 g/mol. The van der Waals surface area contributed by atoms with Crippen LogP contribution in [0.1, 0.15) is 5.56 Å². The van der Waals surface area contributed by atoms with Crippen molar-refractivity contribution in [3.05, 3.63) is 66.2 Å². The summed E-state index contributed by atoms with van der Waals surface area (Å²) >= 11 is 0. The van der Waals surface area contributed by atoms with E-state index in [-0.39, 0.29) is 0 Å². The molecule has 0 bridgehead atoms. The van der Waals surface area contributed by atoms with Crippen LogP contribution in [0.15, 0.2) is 65.7 Å². The zero-order chi connectivity index (χ0) is 11.2. The van der Waals surface area contributed by atoms with Gasteiger partial charge in [0, 0.05) is 18.3 Å². The summed E-state index contributed by atoms with van der Waals surface area (Å²) in [5, 5.41) is 3.29. The van der Waals surface area contributed by atoms with Crippen LogP contribution in [0.3, 0.4) is 0 Å². The predicted molar refractivity (Wildman–Crippen MR) is 69.0 cm³/mol.